The van der Waals surface area contributed by atoms with Crippen LogP contribution in [0.3, 0.4) is 0 Å². The van der Waals surface area contributed by atoms with E-state index in [2.05, 4.69) is 15.3 Å². The van der Waals surface area contributed by atoms with E-state index in [1.165, 1.54) is 6.07 Å². The zero-order chi connectivity index (χ0) is 29.7. The van der Waals surface area contributed by atoms with Crippen LogP contribution in [0, 0.1) is 22.9 Å². The van der Waals surface area contributed by atoms with E-state index in [1.54, 1.807) is 4.90 Å². The average Bonchev–Trinajstić information content (AvgIpc) is 3.53. The maximum atomic E-state index is 14.9. The predicted octanol–water partition coefficient (Wildman–Crippen LogP) is 2.60. The lowest BCUT2D eigenvalue weighted by Gasteiger charge is -2.31. The number of amides is 1. The molecule has 1 unspecified atom stereocenters. The first kappa shape index (κ1) is 29.0. The van der Waals surface area contributed by atoms with E-state index in [1.807, 2.05) is 4.72 Å². The lowest BCUT2D eigenvalue weighted by molar-refractivity contribution is -0.136. The number of sulfonamides is 1. The number of methoxy groups -OCH3 is 1. The molecule has 1 saturated heterocycles. The Balaban J connectivity index is 1.62. The Bertz CT molecular complexity index is 1610. The van der Waals surface area contributed by atoms with Gasteiger partial charge >= 0.3 is 5.97 Å². The number of halogens is 4. The second kappa shape index (κ2) is 10.7. The first-order chi connectivity index (χ1) is 19.3. The summed E-state index contributed by atoms with van der Waals surface area (Å²) < 4.78 is 73.1. The molecule has 1 spiro atoms. The van der Waals surface area contributed by atoms with Crippen molar-refractivity contribution in [3.05, 3.63) is 75.5 Å². The Morgan fingerprint density at radius 2 is 1.95 bits per heavy atom. The molecule has 1 aliphatic carbocycles. The molecule has 0 bridgehead atoms. The highest BCUT2D eigenvalue weighted by Crippen LogP contribution is 2.55. The molecule has 5 rings (SSSR count). The van der Waals surface area contributed by atoms with Crippen LogP contribution in [0.1, 0.15) is 36.6 Å². The number of nitrogens with zero attached hydrogens (tertiary/aromatic N) is 3. The summed E-state index contributed by atoms with van der Waals surface area (Å²) in [6, 6.07) is 2.01. The Morgan fingerprint density at radius 1 is 1.22 bits per heavy atom. The van der Waals surface area contributed by atoms with Gasteiger partial charge < -0.3 is 10.1 Å². The quantitative estimate of drug-likeness (QED) is 0.457. The molecule has 1 aromatic carbocycles. The van der Waals surface area contributed by atoms with Crippen LogP contribution in [0.25, 0.3) is 0 Å². The minimum Gasteiger partial charge on any atom is -0.466 e. The number of pyridine rings is 1. The summed E-state index contributed by atoms with van der Waals surface area (Å²) in [5.74, 6) is -4.31. The molecule has 41 heavy (non-hydrogen) atoms. The zero-order valence-corrected chi connectivity index (χ0v) is 23.5. The van der Waals surface area contributed by atoms with Crippen LogP contribution in [0.5, 0.6) is 0 Å². The summed E-state index contributed by atoms with van der Waals surface area (Å²) in [5, 5.41) is 2.83. The maximum absolute atomic E-state index is 14.9. The molecule has 1 saturated carbocycles. The first-order valence-corrected chi connectivity index (χ1v) is 14.7. The van der Waals surface area contributed by atoms with Crippen molar-refractivity contribution in [1.29, 1.82) is 0 Å². The van der Waals surface area contributed by atoms with E-state index in [0.29, 0.717) is 19.0 Å². The third kappa shape index (κ3) is 6.09. The normalized spacial score (nSPS) is 21.9. The van der Waals surface area contributed by atoms with Crippen LogP contribution in [0.4, 0.5) is 13.2 Å². The highest BCUT2D eigenvalue weighted by atomic mass is 35.5. The molecule has 0 radical (unpaired) electrons. The van der Waals surface area contributed by atoms with Gasteiger partial charge in [0.2, 0.25) is 10.0 Å². The average molecular weight is 612 g/mol. The van der Waals surface area contributed by atoms with Gasteiger partial charge in [-0.3, -0.25) is 19.4 Å². The fourth-order valence-electron chi connectivity index (χ4n) is 5.29. The van der Waals surface area contributed by atoms with Gasteiger partial charge in [-0.2, -0.15) is 0 Å². The van der Waals surface area contributed by atoms with Gasteiger partial charge in [0.1, 0.15) is 23.4 Å². The molecule has 1 aromatic heterocycles. The molecular weight excluding hydrogens is 587 g/mol. The largest absolute Gasteiger partial charge is 0.466 e. The minimum atomic E-state index is -3.84. The second-order valence-corrected chi connectivity index (χ2v) is 12.6. The Morgan fingerprint density at radius 3 is 2.56 bits per heavy atom. The smallest absolute Gasteiger partial charge is 0.338 e. The van der Waals surface area contributed by atoms with Crippen LogP contribution < -0.4 is 10.0 Å². The van der Waals surface area contributed by atoms with Crippen molar-refractivity contribution in [2.24, 2.45) is 10.4 Å². The Labute approximate surface area is 238 Å². The van der Waals surface area contributed by atoms with Gasteiger partial charge in [-0.05, 0) is 36.8 Å². The summed E-state index contributed by atoms with van der Waals surface area (Å²) in [6.45, 7) is 0.317. The molecule has 2 fully saturated rings. The minimum absolute atomic E-state index is 0.0497. The van der Waals surface area contributed by atoms with Crippen molar-refractivity contribution in [3.63, 3.8) is 0 Å². The predicted molar refractivity (Wildman–Crippen MR) is 142 cm³/mol. The number of ether oxygens (including phenoxy) is 1. The molecule has 2 atom stereocenters. The third-order valence-electron chi connectivity index (χ3n) is 7.33. The number of hydrogen-bond donors (Lipinski definition) is 2. The van der Waals surface area contributed by atoms with Crippen molar-refractivity contribution >= 4 is 39.3 Å². The van der Waals surface area contributed by atoms with Gasteiger partial charge in [0.15, 0.2) is 11.7 Å². The van der Waals surface area contributed by atoms with Crippen molar-refractivity contribution in [2.45, 2.75) is 31.3 Å². The van der Waals surface area contributed by atoms with Gasteiger partial charge in [0.05, 0.1) is 31.2 Å². The standard InChI is InChI=1S/C26H25ClF3N5O5S/c1-40-25(37)20-18(11-35-12-26(5-6-26)9-19(35)24(36)34-41(2,38)39)32-23(22-17(30)8-14(29)10-31-22)33-21(20)15-4-3-13(28)7-16(15)27/h3-4,7-8,10,19,21H,5-6,9,11-12H2,1-2H3,(H,32,33)(H,34,36)/t19-,21?/m0/s1. The number of rotatable bonds is 7. The van der Waals surface area contributed by atoms with Crippen LogP contribution in [0.2, 0.25) is 5.02 Å². The van der Waals surface area contributed by atoms with Crippen molar-refractivity contribution < 1.29 is 35.9 Å². The number of likely N-dealkylation sites (tertiary alicyclic amines) is 1. The van der Waals surface area contributed by atoms with Gasteiger partial charge in [-0.1, -0.05) is 17.7 Å². The molecule has 3 heterocycles. The SMILES string of the molecule is COC(=O)C1=C(CN2CC3(CC3)C[C@H]2C(=O)NS(C)(=O)=O)NC(c2ncc(F)cc2F)=NC1c1ccc(F)cc1Cl. The lowest BCUT2D eigenvalue weighted by Crippen LogP contribution is -2.47. The van der Waals surface area contributed by atoms with Crippen LogP contribution in [-0.2, 0) is 24.3 Å². The molecule has 2 N–H and O–H groups in total. The summed E-state index contributed by atoms with van der Waals surface area (Å²) in [7, 11) is -2.69. The highest BCUT2D eigenvalue weighted by Gasteiger charge is 2.54. The van der Waals surface area contributed by atoms with Crippen LogP contribution in [-0.4, -0.2) is 68.5 Å². The van der Waals surface area contributed by atoms with E-state index >= 15 is 0 Å². The lowest BCUT2D eigenvalue weighted by atomic mass is 9.94. The van der Waals surface area contributed by atoms with E-state index in [0.717, 1.165) is 44.5 Å². The number of amidine groups is 1. The zero-order valence-electron chi connectivity index (χ0n) is 21.9. The number of esters is 1. The number of carbonyl (C=O) groups excluding carboxylic acids is 2. The van der Waals surface area contributed by atoms with Gasteiger partial charge in [0.25, 0.3) is 5.91 Å². The maximum Gasteiger partial charge on any atom is 0.338 e. The fraction of sp³-hybridized carbons (Fsp3) is 0.385. The molecule has 3 aliphatic rings. The van der Waals surface area contributed by atoms with Gasteiger partial charge in [0, 0.05) is 35.4 Å². The summed E-state index contributed by atoms with van der Waals surface area (Å²) in [6.07, 6.45) is 3.76. The summed E-state index contributed by atoms with van der Waals surface area (Å²) in [4.78, 5) is 36.2. The summed E-state index contributed by atoms with van der Waals surface area (Å²) in [5.41, 5.74) is -0.248. The van der Waals surface area contributed by atoms with Gasteiger partial charge in [-0.25, -0.2) is 31.4 Å². The first-order valence-electron chi connectivity index (χ1n) is 12.5. The van der Waals surface area contributed by atoms with Crippen molar-refractivity contribution in [3.8, 4) is 0 Å². The van der Waals surface area contributed by atoms with Gasteiger partial charge in [-0.15, -0.1) is 0 Å². The van der Waals surface area contributed by atoms with E-state index in [4.69, 9.17) is 16.3 Å². The molecular formula is C26H25ClF3N5O5S. The van der Waals surface area contributed by atoms with Crippen molar-refractivity contribution in [1.82, 2.24) is 19.9 Å². The van der Waals surface area contributed by atoms with E-state index < -0.39 is 51.4 Å². The van der Waals surface area contributed by atoms with E-state index in [-0.39, 0.29) is 45.3 Å². The number of carbonyl (C=O) groups is 2. The Kier molecular flexibility index (Phi) is 7.59. The molecule has 10 nitrogen and oxygen atoms in total. The number of benzene rings is 1. The Hall–Kier alpha value is -3.49. The molecule has 1 amide bonds. The number of hydrogen-bond acceptors (Lipinski definition) is 9. The van der Waals surface area contributed by atoms with Crippen LogP contribution in [0.15, 0.2) is 46.7 Å². The highest BCUT2D eigenvalue weighted by molar-refractivity contribution is 7.89. The van der Waals surface area contributed by atoms with Crippen molar-refractivity contribution in [2.75, 3.05) is 26.5 Å². The number of aliphatic imine (C=N–C) groups is 1. The van der Waals surface area contributed by atoms with E-state index in [9.17, 15) is 31.2 Å². The summed E-state index contributed by atoms with van der Waals surface area (Å²) >= 11 is 6.35. The third-order valence-corrected chi connectivity index (χ3v) is 8.23. The number of nitrogens with one attached hydrogen (secondary N) is 2. The topological polar surface area (TPSA) is 130 Å². The monoisotopic (exact) mass is 611 g/mol. The fourth-order valence-corrected chi connectivity index (χ4v) is 6.06. The number of aromatic nitrogens is 1. The molecule has 2 aliphatic heterocycles. The molecule has 2 aromatic rings. The van der Waals surface area contributed by atoms with Crippen LogP contribution >= 0.6 is 11.6 Å². The molecule has 15 heteroatoms. The second-order valence-electron chi connectivity index (χ2n) is 10.4. The molecule has 218 valence electrons.